The van der Waals surface area contributed by atoms with Crippen molar-refractivity contribution in [3.05, 3.63) is 119 Å². The second kappa shape index (κ2) is 11.4. The van der Waals surface area contributed by atoms with Crippen molar-refractivity contribution in [3.8, 4) is 23.0 Å². The molecule has 0 heterocycles. The van der Waals surface area contributed by atoms with Crippen LogP contribution in [0.15, 0.2) is 97.1 Å². The summed E-state index contributed by atoms with van der Waals surface area (Å²) in [5.41, 5.74) is 3.97. The van der Waals surface area contributed by atoms with E-state index < -0.39 is 0 Å². The third kappa shape index (κ3) is 6.55. The monoisotopic (exact) mass is 470 g/mol. The van der Waals surface area contributed by atoms with E-state index in [1.807, 2.05) is 48.5 Å². The summed E-state index contributed by atoms with van der Waals surface area (Å²) in [5.74, 6) is -0.513. The van der Waals surface area contributed by atoms with E-state index in [1.54, 1.807) is 12.1 Å². The summed E-state index contributed by atoms with van der Waals surface area (Å²) in [6, 6.07) is 29.9. The van der Waals surface area contributed by atoms with E-state index >= 15 is 0 Å². The topological polar surface area (TPSA) is 90.2 Å². The van der Waals surface area contributed by atoms with E-state index in [-0.39, 0.29) is 35.2 Å². The summed E-state index contributed by atoms with van der Waals surface area (Å²) in [6.45, 7) is 0. The molecule has 0 saturated heterocycles. The molecule has 0 saturated carbocycles. The molecule has 0 aliphatic rings. The smallest absolute Gasteiger partial charge is 0.157 e. The molecule has 4 N–H and O–H groups in total. The van der Waals surface area contributed by atoms with Crippen LogP contribution in [0.4, 0.5) is 0 Å². The Labute approximate surface area is 205 Å². The molecule has 0 bridgehead atoms. The van der Waals surface area contributed by atoms with Gasteiger partial charge in [0.25, 0.3) is 0 Å². The predicted molar refractivity (Wildman–Crippen MR) is 136 cm³/mol. The van der Waals surface area contributed by atoms with Gasteiger partial charge >= 0.3 is 0 Å². The number of rotatable bonds is 10. The van der Waals surface area contributed by atoms with Crippen molar-refractivity contribution in [1.82, 2.24) is 0 Å². The highest BCUT2D eigenvalue weighted by atomic mass is 16.5. The average Bonchev–Trinajstić information content (AvgIpc) is 2.88. The van der Waals surface area contributed by atoms with E-state index in [1.165, 1.54) is 12.1 Å². The summed E-state index contributed by atoms with van der Waals surface area (Å²) in [6.07, 6.45) is 2.34. The van der Waals surface area contributed by atoms with Crippen molar-refractivity contribution in [2.24, 2.45) is 0 Å². The fourth-order valence-electron chi connectivity index (χ4n) is 4.20. The lowest BCUT2D eigenvalue weighted by Gasteiger charge is -2.26. The lowest BCUT2D eigenvalue weighted by molar-refractivity contribution is -0.0237. The number of aryl methyl sites for hydroxylation is 2. The van der Waals surface area contributed by atoms with Gasteiger partial charge in [0.15, 0.2) is 23.0 Å². The molecule has 4 rings (SSSR count). The molecule has 0 spiro atoms. The Balaban J connectivity index is 1.55. The summed E-state index contributed by atoms with van der Waals surface area (Å²) in [7, 11) is 0. The molecule has 4 aromatic carbocycles. The molecule has 180 valence electrons. The zero-order chi connectivity index (χ0) is 24.6. The fraction of sp³-hybridized carbons (Fsp3) is 0.200. The molecule has 2 atom stereocenters. The van der Waals surface area contributed by atoms with Crippen molar-refractivity contribution in [2.45, 2.75) is 37.9 Å². The maximum atomic E-state index is 9.88. The number of aromatic hydroxyl groups is 4. The predicted octanol–water partition coefficient (Wildman–Crippen LogP) is 6.57. The largest absolute Gasteiger partial charge is 0.504 e. The molecular formula is C30H30O5. The lowest BCUT2D eigenvalue weighted by Crippen LogP contribution is -2.13. The molecule has 0 amide bonds. The molecule has 5 heteroatoms. The van der Waals surface area contributed by atoms with Crippen LogP contribution < -0.4 is 0 Å². The van der Waals surface area contributed by atoms with E-state index in [2.05, 4.69) is 24.3 Å². The van der Waals surface area contributed by atoms with Gasteiger partial charge in [0.2, 0.25) is 0 Å². The lowest BCUT2D eigenvalue weighted by atomic mass is 9.98. The molecule has 0 aromatic heterocycles. The molecular weight excluding hydrogens is 440 g/mol. The van der Waals surface area contributed by atoms with Gasteiger partial charge in [0.05, 0.1) is 12.2 Å². The Hall–Kier alpha value is -3.96. The fourth-order valence-corrected chi connectivity index (χ4v) is 4.20. The van der Waals surface area contributed by atoms with E-state index in [9.17, 15) is 20.4 Å². The van der Waals surface area contributed by atoms with Gasteiger partial charge in [-0.25, -0.2) is 0 Å². The third-order valence-corrected chi connectivity index (χ3v) is 6.14. The molecule has 5 nitrogen and oxygen atoms in total. The summed E-state index contributed by atoms with van der Waals surface area (Å²) in [5, 5.41) is 39.0. The Morgan fingerprint density at radius 3 is 1.26 bits per heavy atom. The normalized spacial score (nSPS) is 12.8. The Bertz CT molecular complexity index is 1130. The Morgan fingerprint density at radius 1 is 0.486 bits per heavy atom. The number of phenols is 4. The van der Waals surface area contributed by atoms with Gasteiger partial charge in [-0.2, -0.15) is 0 Å². The molecule has 0 aliphatic carbocycles. The number of hydrogen-bond donors (Lipinski definition) is 4. The first-order chi connectivity index (χ1) is 17.0. The van der Waals surface area contributed by atoms with Crippen LogP contribution in [0.1, 0.15) is 47.3 Å². The van der Waals surface area contributed by atoms with Crippen LogP contribution in [0.5, 0.6) is 23.0 Å². The quantitative estimate of drug-likeness (QED) is 0.197. The minimum atomic E-state index is -0.189. The van der Waals surface area contributed by atoms with Crippen molar-refractivity contribution >= 4 is 0 Å². The van der Waals surface area contributed by atoms with Crippen LogP contribution in [0.2, 0.25) is 0 Å². The van der Waals surface area contributed by atoms with Crippen LogP contribution in [-0.4, -0.2) is 20.4 Å². The SMILES string of the molecule is Oc1ccc(CCC(OC(CCc2ccc(O)c(O)c2)c2ccccc2)c2ccccc2)cc1O. The van der Waals surface area contributed by atoms with E-state index in [0.717, 1.165) is 22.3 Å². The zero-order valence-electron chi connectivity index (χ0n) is 19.4. The standard InChI is InChI=1S/C30H30O5/c31-25-15-11-21(19-27(25)33)13-17-29(23-7-3-1-4-8-23)35-30(24-9-5-2-6-10-24)18-14-22-12-16-26(32)28(34)20-22/h1-12,15-16,19-20,29-34H,13-14,17-18H2. The van der Waals surface area contributed by atoms with Crippen LogP contribution in [-0.2, 0) is 17.6 Å². The molecule has 0 radical (unpaired) electrons. The highest BCUT2D eigenvalue weighted by Gasteiger charge is 2.21. The number of ether oxygens (including phenoxy) is 1. The summed E-state index contributed by atoms with van der Waals surface area (Å²) >= 11 is 0. The Kier molecular flexibility index (Phi) is 7.91. The maximum Gasteiger partial charge on any atom is 0.157 e. The van der Waals surface area contributed by atoms with Gasteiger partial charge in [0, 0.05) is 0 Å². The van der Waals surface area contributed by atoms with Crippen LogP contribution >= 0.6 is 0 Å². The van der Waals surface area contributed by atoms with Gasteiger partial charge in [-0.05, 0) is 72.2 Å². The highest BCUT2D eigenvalue weighted by molar-refractivity contribution is 5.41. The first-order valence-corrected chi connectivity index (χ1v) is 11.8. The zero-order valence-corrected chi connectivity index (χ0v) is 19.4. The number of phenolic OH excluding ortho intramolecular Hbond substituents is 4. The first-order valence-electron chi connectivity index (χ1n) is 11.8. The van der Waals surface area contributed by atoms with Gasteiger partial charge < -0.3 is 25.2 Å². The van der Waals surface area contributed by atoms with E-state index in [4.69, 9.17) is 4.74 Å². The first kappa shape index (κ1) is 24.2. The molecule has 4 aromatic rings. The average molecular weight is 471 g/mol. The molecule has 35 heavy (non-hydrogen) atoms. The summed E-state index contributed by atoms with van der Waals surface area (Å²) < 4.78 is 6.75. The summed E-state index contributed by atoms with van der Waals surface area (Å²) in [4.78, 5) is 0. The van der Waals surface area contributed by atoms with Gasteiger partial charge in [0.1, 0.15) is 0 Å². The number of benzene rings is 4. The molecule has 2 unspecified atom stereocenters. The van der Waals surface area contributed by atoms with Crippen molar-refractivity contribution in [3.63, 3.8) is 0 Å². The van der Waals surface area contributed by atoms with Gasteiger partial charge in [-0.15, -0.1) is 0 Å². The van der Waals surface area contributed by atoms with Crippen LogP contribution in [0.25, 0.3) is 0 Å². The highest BCUT2D eigenvalue weighted by Crippen LogP contribution is 2.35. The van der Waals surface area contributed by atoms with Crippen molar-refractivity contribution < 1.29 is 25.2 Å². The maximum absolute atomic E-state index is 9.88. The van der Waals surface area contributed by atoms with E-state index in [0.29, 0.717) is 25.7 Å². The van der Waals surface area contributed by atoms with Crippen LogP contribution in [0.3, 0.4) is 0 Å². The minimum absolute atomic E-state index is 0.126. The molecule has 0 aliphatic heterocycles. The Morgan fingerprint density at radius 2 is 0.886 bits per heavy atom. The van der Waals surface area contributed by atoms with Crippen molar-refractivity contribution in [1.29, 1.82) is 0 Å². The second-order valence-corrected chi connectivity index (χ2v) is 8.66. The van der Waals surface area contributed by atoms with Gasteiger partial charge in [-0.3, -0.25) is 0 Å². The third-order valence-electron chi connectivity index (χ3n) is 6.14. The van der Waals surface area contributed by atoms with Crippen LogP contribution in [0, 0.1) is 0 Å². The molecule has 0 fully saturated rings. The minimum Gasteiger partial charge on any atom is -0.504 e. The van der Waals surface area contributed by atoms with Crippen molar-refractivity contribution in [2.75, 3.05) is 0 Å². The van der Waals surface area contributed by atoms with Gasteiger partial charge in [-0.1, -0.05) is 72.8 Å². The number of hydrogen-bond acceptors (Lipinski definition) is 5. The second-order valence-electron chi connectivity index (χ2n) is 8.66.